The number of aryl methyl sites for hydroxylation is 1. The van der Waals surface area contributed by atoms with E-state index in [0.29, 0.717) is 5.69 Å². The molecule has 0 aliphatic carbocycles. The van der Waals surface area contributed by atoms with Gasteiger partial charge in [0.25, 0.3) is 0 Å². The van der Waals surface area contributed by atoms with E-state index in [1.807, 2.05) is 72.3 Å². The SMILES string of the molecule is CC(=O)N(c1cc(C)ccc1O)n1c2ccccc2c2ccccc21. The number of fused-ring (bicyclic) bond motifs is 3. The van der Waals surface area contributed by atoms with Crippen molar-refractivity contribution in [3.8, 4) is 5.75 Å². The van der Waals surface area contributed by atoms with Crippen LogP contribution in [0.2, 0.25) is 0 Å². The lowest BCUT2D eigenvalue weighted by Crippen LogP contribution is -2.34. The smallest absolute Gasteiger partial charge is 0.243 e. The zero-order chi connectivity index (χ0) is 17.6. The maximum Gasteiger partial charge on any atom is 0.243 e. The Morgan fingerprint density at radius 1 is 0.920 bits per heavy atom. The van der Waals surface area contributed by atoms with Gasteiger partial charge in [0.15, 0.2) is 0 Å². The van der Waals surface area contributed by atoms with E-state index >= 15 is 0 Å². The maximum absolute atomic E-state index is 12.6. The van der Waals surface area contributed by atoms with Crippen molar-refractivity contribution in [2.75, 3.05) is 5.01 Å². The molecule has 4 rings (SSSR count). The number of carbonyl (C=O) groups excluding carboxylic acids is 1. The van der Waals surface area contributed by atoms with E-state index < -0.39 is 0 Å². The van der Waals surface area contributed by atoms with Crippen molar-refractivity contribution in [1.82, 2.24) is 4.68 Å². The number of carbonyl (C=O) groups is 1. The van der Waals surface area contributed by atoms with E-state index in [-0.39, 0.29) is 11.7 Å². The van der Waals surface area contributed by atoms with E-state index in [2.05, 4.69) is 0 Å². The van der Waals surface area contributed by atoms with Crippen molar-refractivity contribution in [2.24, 2.45) is 0 Å². The summed E-state index contributed by atoms with van der Waals surface area (Å²) in [7, 11) is 0. The average Bonchev–Trinajstić information content (AvgIpc) is 2.93. The standard InChI is InChI=1S/C21H18N2O2/c1-14-11-12-21(25)20(13-14)22(15(2)24)23-18-9-5-3-7-16(18)17-8-4-6-10-19(17)23/h3-13,25H,1-2H3. The fourth-order valence-corrected chi connectivity index (χ4v) is 3.34. The number of para-hydroxylation sites is 2. The number of phenols is 1. The molecular formula is C21H18N2O2. The molecule has 4 nitrogen and oxygen atoms in total. The lowest BCUT2D eigenvalue weighted by atomic mass is 10.2. The van der Waals surface area contributed by atoms with Crippen LogP contribution in [0.25, 0.3) is 21.8 Å². The number of rotatable bonds is 2. The van der Waals surface area contributed by atoms with Crippen LogP contribution >= 0.6 is 0 Å². The van der Waals surface area contributed by atoms with Crippen molar-refractivity contribution >= 4 is 33.4 Å². The summed E-state index contributed by atoms with van der Waals surface area (Å²) >= 11 is 0. The molecule has 4 aromatic rings. The van der Waals surface area contributed by atoms with Crippen molar-refractivity contribution < 1.29 is 9.90 Å². The minimum atomic E-state index is -0.174. The molecule has 0 aliphatic heterocycles. The minimum Gasteiger partial charge on any atom is -0.506 e. The predicted octanol–water partition coefficient (Wildman–Crippen LogP) is 4.62. The summed E-state index contributed by atoms with van der Waals surface area (Å²) in [6.45, 7) is 3.44. The normalized spacial score (nSPS) is 11.1. The molecule has 0 unspecified atom stereocenters. The molecule has 4 heteroatoms. The number of anilines is 1. The summed E-state index contributed by atoms with van der Waals surface area (Å²) in [6, 6.07) is 21.2. The fourth-order valence-electron chi connectivity index (χ4n) is 3.34. The largest absolute Gasteiger partial charge is 0.506 e. The molecular weight excluding hydrogens is 312 g/mol. The number of hydrogen-bond donors (Lipinski definition) is 1. The highest BCUT2D eigenvalue weighted by Gasteiger charge is 2.22. The Morgan fingerprint density at radius 3 is 2.04 bits per heavy atom. The number of amides is 1. The maximum atomic E-state index is 12.6. The van der Waals surface area contributed by atoms with Gasteiger partial charge in [-0.1, -0.05) is 42.5 Å². The summed E-state index contributed by atoms with van der Waals surface area (Å²) in [4.78, 5) is 12.6. The van der Waals surface area contributed by atoms with Gasteiger partial charge in [0.05, 0.1) is 11.0 Å². The second kappa shape index (κ2) is 5.67. The Hall–Kier alpha value is -3.27. The molecule has 124 valence electrons. The lowest BCUT2D eigenvalue weighted by Gasteiger charge is -2.25. The van der Waals surface area contributed by atoms with Crippen LogP contribution in [0.15, 0.2) is 66.7 Å². The van der Waals surface area contributed by atoms with Gasteiger partial charge in [-0.3, -0.25) is 4.79 Å². The van der Waals surface area contributed by atoms with Gasteiger partial charge < -0.3 is 5.11 Å². The molecule has 0 atom stereocenters. The van der Waals surface area contributed by atoms with E-state index in [4.69, 9.17) is 0 Å². The Balaban J connectivity index is 2.12. The van der Waals surface area contributed by atoms with Gasteiger partial charge in [0.1, 0.15) is 11.4 Å². The number of aromatic nitrogens is 1. The zero-order valence-electron chi connectivity index (χ0n) is 14.1. The Morgan fingerprint density at radius 2 is 1.48 bits per heavy atom. The first kappa shape index (κ1) is 15.3. The molecule has 1 N–H and O–H groups in total. The molecule has 0 aliphatic rings. The molecule has 0 radical (unpaired) electrons. The Kier molecular flexibility index (Phi) is 3.46. The number of aromatic hydroxyl groups is 1. The van der Waals surface area contributed by atoms with Gasteiger partial charge in [-0.05, 0) is 36.8 Å². The molecule has 1 amide bonds. The molecule has 0 saturated carbocycles. The first-order chi connectivity index (χ1) is 12.1. The fraction of sp³-hybridized carbons (Fsp3) is 0.0952. The summed E-state index contributed by atoms with van der Waals surface area (Å²) in [6.07, 6.45) is 0. The van der Waals surface area contributed by atoms with Crippen molar-refractivity contribution in [2.45, 2.75) is 13.8 Å². The van der Waals surface area contributed by atoms with Gasteiger partial charge in [0.2, 0.25) is 5.91 Å². The molecule has 25 heavy (non-hydrogen) atoms. The van der Waals surface area contributed by atoms with Crippen LogP contribution in [0.4, 0.5) is 5.69 Å². The molecule has 1 heterocycles. The molecule has 3 aromatic carbocycles. The second-order valence-corrected chi connectivity index (χ2v) is 6.17. The summed E-state index contributed by atoms with van der Waals surface area (Å²) in [5, 5.41) is 14.1. The zero-order valence-corrected chi connectivity index (χ0v) is 14.1. The molecule has 0 fully saturated rings. The lowest BCUT2D eigenvalue weighted by molar-refractivity contribution is -0.117. The summed E-state index contributed by atoms with van der Waals surface area (Å²) in [5.41, 5.74) is 3.28. The van der Waals surface area contributed by atoms with E-state index in [9.17, 15) is 9.90 Å². The number of phenolic OH excluding ortho intramolecular Hbond substituents is 1. The topological polar surface area (TPSA) is 45.5 Å². The first-order valence-corrected chi connectivity index (χ1v) is 8.16. The molecule has 0 saturated heterocycles. The van der Waals surface area contributed by atoms with Gasteiger partial charge in [-0.2, -0.15) is 0 Å². The average molecular weight is 330 g/mol. The summed E-state index contributed by atoms with van der Waals surface area (Å²) in [5.74, 6) is -0.102. The summed E-state index contributed by atoms with van der Waals surface area (Å²) < 4.78 is 1.88. The third-order valence-electron chi connectivity index (χ3n) is 4.41. The van der Waals surface area contributed by atoms with E-state index in [1.165, 1.54) is 11.9 Å². The van der Waals surface area contributed by atoms with Crippen molar-refractivity contribution in [3.05, 3.63) is 72.3 Å². The third-order valence-corrected chi connectivity index (χ3v) is 4.41. The van der Waals surface area contributed by atoms with Crippen LogP contribution < -0.4 is 5.01 Å². The first-order valence-electron chi connectivity index (χ1n) is 8.16. The van der Waals surface area contributed by atoms with E-state index in [0.717, 1.165) is 27.4 Å². The van der Waals surface area contributed by atoms with Gasteiger partial charge in [0, 0.05) is 17.7 Å². The Bertz CT molecular complexity index is 1060. The number of benzene rings is 3. The van der Waals surface area contributed by atoms with Crippen LogP contribution in [0.3, 0.4) is 0 Å². The van der Waals surface area contributed by atoms with Gasteiger partial charge >= 0.3 is 0 Å². The minimum absolute atomic E-state index is 0.0719. The van der Waals surface area contributed by atoms with Crippen molar-refractivity contribution in [1.29, 1.82) is 0 Å². The highest BCUT2D eigenvalue weighted by Crippen LogP contribution is 2.35. The van der Waals surface area contributed by atoms with Gasteiger partial charge in [-0.15, -0.1) is 0 Å². The van der Waals surface area contributed by atoms with Crippen LogP contribution in [0.5, 0.6) is 5.75 Å². The monoisotopic (exact) mass is 330 g/mol. The Labute approximate surface area is 145 Å². The van der Waals surface area contributed by atoms with E-state index in [1.54, 1.807) is 6.07 Å². The molecule has 1 aromatic heterocycles. The molecule has 0 bridgehead atoms. The van der Waals surface area contributed by atoms with Gasteiger partial charge in [-0.25, -0.2) is 9.69 Å². The number of hydrogen-bond acceptors (Lipinski definition) is 2. The highest BCUT2D eigenvalue weighted by molar-refractivity contribution is 6.10. The van der Waals surface area contributed by atoms with Crippen LogP contribution in [-0.4, -0.2) is 15.7 Å². The number of nitrogens with zero attached hydrogens (tertiary/aromatic N) is 2. The highest BCUT2D eigenvalue weighted by atomic mass is 16.3. The van der Waals surface area contributed by atoms with Crippen LogP contribution in [0.1, 0.15) is 12.5 Å². The van der Waals surface area contributed by atoms with Crippen LogP contribution in [-0.2, 0) is 4.79 Å². The predicted molar refractivity (Wildman–Crippen MR) is 101 cm³/mol. The molecule has 0 spiro atoms. The quantitative estimate of drug-likeness (QED) is 0.583. The third kappa shape index (κ3) is 2.34. The second-order valence-electron chi connectivity index (χ2n) is 6.17. The van der Waals surface area contributed by atoms with Crippen LogP contribution in [0, 0.1) is 6.92 Å². The van der Waals surface area contributed by atoms with Crippen molar-refractivity contribution in [3.63, 3.8) is 0 Å².